The molecule has 4 heteroatoms. The molecule has 0 aliphatic carbocycles. The maximum absolute atomic E-state index is 9.60. The van der Waals surface area contributed by atoms with Crippen LogP contribution in [-0.4, -0.2) is 34.7 Å². The third-order valence-corrected chi connectivity index (χ3v) is 3.85. The van der Waals surface area contributed by atoms with Crippen LogP contribution in [0.15, 0.2) is 24.3 Å². The standard InChI is InChI=1S/C14H18N2O.ClH/c1-2-16-8-7-11-10-5-3-4-6-12(10)15-14(11)13(16)9-17;/h3-6,13,15,17H,2,7-9H2,1H3;1H. The largest absolute Gasteiger partial charge is 0.394 e. The van der Waals surface area contributed by atoms with Crippen LogP contribution in [0.1, 0.15) is 24.2 Å². The first kappa shape index (κ1) is 13.4. The van der Waals surface area contributed by atoms with Gasteiger partial charge in [-0.05, 0) is 24.6 Å². The molecule has 0 saturated heterocycles. The van der Waals surface area contributed by atoms with E-state index in [4.69, 9.17) is 0 Å². The highest BCUT2D eigenvalue weighted by molar-refractivity contribution is 5.85. The highest BCUT2D eigenvalue weighted by Crippen LogP contribution is 2.33. The number of likely N-dealkylation sites (N-methyl/N-ethyl adjacent to an activating group) is 1. The molecule has 18 heavy (non-hydrogen) atoms. The van der Waals surface area contributed by atoms with E-state index in [-0.39, 0.29) is 25.1 Å². The Labute approximate surface area is 113 Å². The number of rotatable bonds is 2. The lowest BCUT2D eigenvalue weighted by Crippen LogP contribution is -2.37. The maximum Gasteiger partial charge on any atom is 0.0735 e. The number of nitrogens with one attached hydrogen (secondary N) is 1. The minimum Gasteiger partial charge on any atom is -0.394 e. The summed E-state index contributed by atoms with van der Waals surface area (Å²) in [5.74, 6) is 0. The smallest absolute Gasteiger partial charge is 0.0735 e. The van der Waals surface area contributed by atoms with E-state index < -0.39 is 0 Å². The Morgan fingerprint density at radius 2 is 2.17 bits per heavy atom. The van der Waals surface area contributed by atoms with Gasteiger partial charge in [0.1, 0.15) is 0 Å². The van der Waals surface area contributed by atoms with Gasteiger partial charge in [-0.2, -0.15) is 0 Å². The van der Waals surface area contributed by atoms with E-state index in [1.807, 2.05) is 0 Å². The van der Waals surface area contributed by atoms with Crippen molar-refractivity contribution in [3.05, 3.63) is 35.5 Å². The van der Waals surface area contributed by atoms with Crippen molar-refractivity contribution in [2.24, 2.45) is 0 Å². The van der Waals surface area contributed by atoms with Crippen molar-refractivity contribution in [3.63, 3.8) is 0 Å². The number of benzene rings is 1. The van der Waals surface area contributed by atoms with Gasteiger partial charge < -0.3 is 10.1 Å². The molecule has 1 aliphatic rings. The number of aromatic nitrogens is 1. The van der Waals surface area contributed by atoms with Crippen molar-refractivity contribution in [1.82, 2.24) is 9.88 Å². The number of aliphatic hydroxyl groups excluding tert-OH is 1. The summed E-state index contributed by atoms with van der Waals surface area (Å²) in [6.45, 7) is 4.36. The fraction of sp³-hybridized carbons (Fsp3) is 0.429. The van der Waals surface area contributed by atoms with E-state index in [1.54, 1.807) is 0 Å². The average Bonchev–Trinajstić information content (AvgIpc) is 2.75. The van der Waals surface area contributed by atoms with Gasteiger partial charge in [0.25, 0.3) is 0 Å². The van der Waals surface area contributed by atoms with Crippen LogP contribution < -0.4 is 0 Å². The van der Waals surface area contributed by atoms with Gasteiger partial charge in [-0.15, -0.1) is 12.4 Å². The first-order valence-electron chi connectivity index (χ1n) is 6.29. The summed E-state index contributed by atoms with van der Waals surface area (Å²) in [5.41, 5.74) is 3.79. The molecule has 0 saturated carbocycles. The Morgan fingerprint density at radius 3 is 2.89 bits per heavy atom. The molecule has 0 bridgehead atoms. The molecule has 1 aliphatic heterocycles. The zero-order valence-corrected chi connectivity index (χ0v) is 11.3. The predicted molar refractivity (Wildman–Crippen MR) is 76.3 cm³/mol. The fourth-order valence-electron chi connectivity index (χ4n) is 2.95. The molecule has 1 unspecified atom stereocenters. The van der Waals surface area contributed by atoms with Crippen LogP contribution in [0, 0.1) is 0 Å². The fourth-order valence-corrected chi connectivity index (χ4v) is 2.95. The molecule has 1 atom stereocenters. The number of halogens is 1. The van der Waals surface area contributed by atoms with Gasteiger partial charge in [-0.3, -0.25) is 4.90 Å². The van der Waals surface area contributed by atoms with Crippen LogP contribution in [0.5, 0.6) is 0 Å². The van der Waals surface area contributed by atoms with Gasteiger partial charge >= 0.3 is 0 Å². The molecule has 0 spiro atoms. The number of aliphatic hydroxyl groups is 1. The average molecular weight is 267 g/mol. The van der Waals surface area contributed by atoms with Gasteiger partial charge in [-0.25, -0.2) is 0 Å². The molecule has 0 fully saturated rings. The Balaban J connectivity index is 0.00000120. The van der Waals surface area contributed by atoms with Crippen molar-refractivity contribution in [3.8, 4) is 0 Å². The number of nitrogens with zero attached hydrogens (tertiary/aromatic N) is 1. The SMILES string of the molecule is CCN1CCc2c([nH]c3ccccc23)C1CO.Cl. The molecule has 2 heterocycles. The lowest BCUT2D eigenvalue weighted by Gasteiger charge is -2.33. The second kappa shape index (κ2) is 5.31. The first-order chi connectivity index (χ1) is 8.35. The van der Waals surface area contributed by atoms with E-state index in [9.17, 15) is 5.11 Å². The van der Waals surface area contributed by atoms with Crippen molar-refractivity contribution >= 4 is 23.3 Å². The summed E-state index contributed by atoms with van der Waals surface area (Å²) >= 11 is 0. The number of hydrogen-bond acceptors (Lipinski definition) is 2. The van der Waals surface area contributed by atoms with E-state index in [1.165, 1.54) is 22.2 Å². The molecule has 1 aromatic carbocycles. The van der Waals surface area contributed by atoms with Crippen LogP contribution in [0.25, 0.3) is 10.9 Å². The van der Waals surface area contributed by atoms with Crippen molar-refractivity contribution in [2.75, 3.05) is 19.7 Å². The third kappa shape index (κ3) is 1.92. The van der Waals surface area contributed by atoms with Gasteiger partial charge in [0, 0.05) is 23.1 Å². The maximum atomic E-state index is 9.60. The van der Waals surface area contributed by atoms with Crippen LogP contribution in [-0.2, 0) is 6.42 Å². The van der Waals surface area contributed by atoms with Crippen LogP contribution in [0.2, 0.25) is 0 Å². The molecule has 0 amide bonds. The second-order valence-electron chi connectivity index (χ2n) is 4.64. The second-order valence-corrected chi connectivity index (χ2v) is 4.64. The Morgan fingerprint density at radius 1 is 1.39 bits per heavy atom. The summed E-state index contributed by atoms with van der Waals surface area (Å²) < 4.78 is 0. The molecule has 3 rings (SSSR count). The van der Waals surface area contributed by atoms with E-state index in [0.717, 1.165) is 19.5 Å². The quantitative estimate of drug-likeness (QED) is 0.877. The summed E-state index contributed by atoms with van der Waals surface area (Å²) in [7, 11) is 0. The molecule has 2 aromatic rings. The summed E-state index contributed by atoms with van der Waals surface area (Å²) in [6, 6.07) is 8.54. The minimum atomic E-state index is 0. The molecule has 3 nitrogen and oxygen atoms in total. The van der Waals surface area contributed by atoms with Gasteiger partial charge in [0.2, 0.25) is 0 Å². The first-order valence-corrected chi connectivity index (χ1v) is 6.29. The topological polar surface area (TPSA) is 39.3 Å². The van der Waals surface area contributed by atoms with E-state index in [0.29, 0.717) is 0 Å². The van der Waals surface area contributed by atoms with E-state index >= 15 is 0 Å². The van der Waals surface area contributed by atoms with Gasteiger partial charge in [0.15, 0.2) is 0 Å². The molecule has 1 aromatic heterocycles. The van der Waals surface area contributed by atoms with Crippen molar-refractivity contribution < 1.29 is 5.11 Å². The lowest BCUT2D eigenvalue weighted by molar-refractivity contribution is 0.117. The lowest BCUT2D eigenvalue weighted by atomic mass is 9.98. The number of hydrogen-bond donors (Lipinski definition) is 2. The van der Waals surface area contributed by atoms with Gasteiger partial charge in [-0.1, -0.05) is 25.1 Å². The van der Waals surface area contributed by atoms with Crippen molar-refractivity contribution in [1.29, 1.82) is 0 Å². The van der Waals surface area contributed by atoms with Gasteiger partial charge in [0.05, 0.1) is 12.6 Å². The van der Waals surface area contributed by atoms with Crippen molar-refractivity contribution in [2.45, 2.75) is 19.4 Å². The number of fused-ring (bicyclic) bond motifs is 3. The minimum absolute atomic E-state index is 0. The Hall–Kier alpha value is -1.03. The summed E-state index contributed by atoms with van der Waals surface area (Å²) in [4.78, 5) is 5.81. The Bertz CT molecular complexity index is 538. The third-order valence-electron chi connectivity index (χ3n) is 3.85. The summed E-state index contributed by atoms with van der Waals surface area (Å²) in [5, 5.41) is 10.9. The highest BCUT2D eigenvalue weighted by Gasteiger charge is 2.28. The number of H-pyrrole nitrogens is 1. The number of para-hydroxylation sites is 1. The monoisotopic (exact) mass is 266 g/mol. The zero-order valence-electron chi connectivity index (χ0n) is 10.5. The highest BCUT2D eigenvalue weighted by atomic mass is 35.5. The molecule has 2 N–H and O–H groups in total. The summed E-state index contributed by atoms with van der Waals surface area (Å²) in [6.07, 6.45) is 1.07. The normalized spacial score (nSPS) is 19.6. The predicted octanol–water partition coefficient (Wildman–Crippen LogP) is 2.50. The Kier molecular flexibility index (Phi) is 3.95. The molecular weight excluding hydrogens is 248 g/mol. The molecule has 98 valence electrons. The zero-order chi connectivity index (χ0) is 11.8. The van der Waals surface area contributed by atoms with E-state index in [2.05, 4.69) is 41.1 Å². The molecular formula is C14H19ClN2O. The van der Waals surface area contributed by atoms with Crippen LogP contribution >= 0.6 is 12.4 Å². The number of aromatic amines is 1. The molecule has 0 radical (unpaired) electrons. The van der Waals surface area contributed by atoms with Crippen LogP contribution in [0.4, 0.5) is 0 Å². The van der Waals surface area contributed by atoms with Crippen LogP contribution in [0.3, 0.4) is 0 Å².